The first-order valence-corrected chi connectivity index (χ1v) is 10.6. The van der Waals surface area contributed by atoms with Gasteiger partial charge in [-0.05, 0) is 90.6 Å². The summed E-state index contributed by atoms with van der Waals surface area (Å²) in [6.07, 6.45) is 0.386. The van der Waals surface area contributed by atoms with Crippen molar-refractivity contribution in [3.63, 3.8) is 0 Å². The number of aromatic amines is 1. The van der Waals surface area contributed by atoms with Crippen molar-refractivity contribution in [3.8, 4) is 17.1 Å². The van der Waals surface area contributed by atoms with Crippen LogP contribution in [0.4, 0.5) is 0 Å². The van der Waals surface area contributed by atoms with Crippen LogP contribution in [-0.4, -0.2) is 40.9 Å². The maximum absolute atomic E-state index is 10.1. The Kier molecular flexibility index (Phi) is 7.47. The van der Waals surface area contributed by atoms with Crippen LogP contribution in [0, 0.1) is 20.8 Å². The summed E-state index contributed by atoms with van der Waals surface area (Å²) in [5, 5.41) is 13.4. The SMILES string of the molecule is Cc1ccc(CCNC[C@H](O)COc2ccc(-c3nc(Br)c(C)[nH]3)cc2)cc1C. The number of halogens is 1. The molecule has 0 bridgehead atoms. The smallest absolute Gasteiger partial charge is 0.138 e. The summed E-state index contributed by atoms with van der Waals surface area (Å²) in [4.78, 5) is 7.66. The summed E-state index contributed by atoms with van der Waals surface area (Å²) in [6.45, 7) is 7.80. The van der Waals surface area contributed by atoms with Gasteiger partial charge in [-0.25, -0.2) is 4.98 Å². The van der Waals surface area contributed by atoms with Gasteiger partial charge < -0.3 is 20.1 Å². The molecule has 3 aromatic rings. The van der Waals surface area contributed by atoms with Crippen LogP contribution in [0.1, 0.15) is 22.4 Å². The molecule has 0 spiro atoms. The van der Waals surface area contributed by atoms with Crippen molar-refractivity contribution in [2.75, 3.05) is 19.7 Å². The van der Waals surface area contributed by atoms with E-state index in [-0.39, 0.29) is 6.61 Å². The molecule has 0 fully saturated rings. The fourth-order valence-corrected chi connectivity index (χ4v) is 3.27. The number of rotatable bonds is 9. The number of ether oxygens (including phenoxy) is 1. The monoisotopic (exact) mass is 457 g/mol. The molecule has 0 unspecified atom stereocenters. The van der Waals surface area contributed by atoms with E-state index in [9.17, 15) is 5.11 Å². The molecule has 0 saturated heterocycles. The van der Waals surface area contributed by atoms with E-state index in [0.717, 1.165) is 40.4 Å². The number of aliphatic hydroxyl groups excluding tert-OH is 1. The minimum Gasteiger partial charge on any atom is -0.491 e. The lowest BCUT2D eigenvalue weighted by Gasteiger charge is -2.14. The van der Waals surface area contributed by atoms with Crippen LogP contribution in [0.25, 0.3) is 11.4 Å². The Hall–Kier alpha value is -2.15. The molecule has 1 aromatic heterocycles. The van der Waals surface area contributed by atoms with E-state index in [1.165, 1.54) is 16.7 Å². The van der Waals surface area contributed by atoms with Crippen LogP contribution in [0.3, 0.4) is 0 Å². The van der Waals surface area contributed by atoms with Crippen molar-refractivity contribution >= 4 is 15.9 Å². The van der Waals surface area contributed by atoms with E-state index >= 15 is 0 Å². The highest BCUT2D eigenvalue weighted by Gasteiger charge is 2.08. The van der Waals surface area contributed by atoms with E-state index in [2.05, 4.69) is 63.3 Å². The van der Waals surface area contributed by atoms with Gasteiger partial charge in [0.25, 0.3) is 0 Å². The number of imidazole rings is 1. The van der Waals surface area contributed by atoms with Crippen LogP contribution in [0.2, 0.25) is 0 Å². The van der Waals surface area contributed by atoms with Gasteiger partial charge in [0.1, 0.15) is 28.9 Å². The number of hydrogen-bond donors (Lipinski definition) is 3. The number of hydrogen-bond acceptors (Lipinski definition) is 4. The Morgan fingerprint density at radius 3 is 2.52 bits per heavy atom. The standard InChI is InChI=1S/C23H28BrN3O2/c1-15-4-5-18(12-16(15)2)10-11-25-13-20(28)14-29-21-8-6-19(7-9-21)23-26-17(3)22(24)27-23/h4-9,12,20,25,28H,10-11,13-14H2,1-3H3,(H,26,27)/t20-/m0/s1. The molecule has 1 atom stereocenters. The lowest BCUT2D eigenvalue weighted by atomic mass is 10.0. The average Bonchev–Trinajstić information content (AvgIpc) is 3.05. The maximum atomic E-state index is 10.1. The third kappa shape index (κ3) is 6.16. The number of aliphatic hydroxyl groups is 1. The van der Waals surface area contributed by atoms with Crippen molar-refractivity contribution in [1.82, 2.24) is 15.3 Å². The van der Waals surface area contributed by atoms with E-state index in [1.807, 2.05) is 31.2 Å². The minimum absolute atomic E-state index is 0.251. The Morgan fingerprint density at radius 1 is 1.10 bits per heavy atom. The molecule has 3 rings (SSSR count). The molecule has 6 heteroatoms. The lowest BCUT2D eigenvalue weighted by Crippen LogP contribution is -2.32. The van der Waals surface area contributed by atoms with Crippen LogP contribution in [0.5, 0.6) is 5.75 Å². The number of aromatic nitrogens is 2. The number of nitrogens with zero attached hydrogens (tertiary/aromatic N) is 1. The minimum atomic E-state index is -0.557. The van der Waals surface area contributed by atoms with E-state index in [1.54, 1.807) is 0 Å². The summed E-state index contributed by atoms with van der Waals surface area (Å²) in [5.41, 5.74) is 5.92. The highest BCUT2D eigenvalue weighted by Crippen LogP contribution is 2.23. The number of nitrogens with one attached hydrogen (secondary N) is 2. The second-order valence-corrected chi connectivity index (χ2v) is 8.11. The van der Waals surface area contributed by atoms with Crippen molar-refractivity contribution in [2.45, 2.75) is 33.3 Å². The van der Waals surface area contributed by atoms with Crippen molar-refractivity contribution in [1.29, 1.82) is 0 Å². The molecule has 1 heterocycles. The summed E-state index contributed by atoms with van der Waals surface area (Å²) in [7, 11) is 0. The van der Waals surface area contributed by atoms with Gasteiger partial charge in [0, 0.05) is 17.8 Å². The van der Waals surface area contributed by atoms with Crippen LogP contribution < -0.4 is 10.1 Å². The first-order chi connectivity index (χ1) is 13.9. The summed E-state index contributed by atoms with van der Waals surface area (Å²) < 4.78 is 6.52. The average molecular weight is 458 g/mol. The number of benzene rings is 2. The largest absolute Gasteiger partial charge is 0.491 e. The molecule has 0 radical (unpaired) electrons. The van der Waals surface area contributed by atoms with Gasteiger partial charge >= 0.3 is 0 Å². The van der Waals surface area contributed by atoms with Crippen molar-refractivity contribution < 1.29 is 9.84 Å². The van der Waals surface area contributed by atoms with E-state index in [0.29, 0.717) is 6.54 Å². The summed E-state index contributed by atoms with van der Waals surface area (Å²) >= 11 is 3.41. The fraction of sp³-hybridized carbons (Fsp3) is 0.348. The number of aryl methyl sites for hydroxylation is 3. The van der Waals surface area contributed by atoms with Gasteiger partial charge in [-0.3, -0.25) is 0 Å². The molecule has 0 aliphatic carbocycles. The molecule has 0 aliphatic heterocycles. The Labute approximate surface area is 180 Å². The first kappa shape index (κ1) is 21.6. The van der Waals surface area contributed by atoms with Crippen molar-refractivity contribution in [3.05, 3.63) is 69.5 Å². The van der Waals surface area contributed by atoms with Gasteiger partial charge in [-0.2, -0.15) is 0 Å². The molecule has 0 amide bonds. The molecule has 5 nitrogen and oxygen atoms in total. The predicted octanol–water partition coefficient (Wildman–Crippen LogP) is 4.34. The third-order valence-corrected chi connectivity index (χ3v) is 5.71. The van der Waals surface area contributed by atoms with Gasteiger partial charge in [-0.15, -0.1) is 0 Å². The Balaban J connectivity index is 1.38. The molecule has 0 aliphatic rings. The highest BCUT2D eigenvalue weighted by atomic mass is 79.9. The van der Waals surface area contributed by atoms with Gasteiger partial charge in [0.2, 0.25) is 0 Å². The zero-order chi connectivity index (χ0) is 20.8. The Morgan fingerprint density at radius 2 is 1.86 bits per heavy atom. The Bertz CT molecular complexity index is 918. The zero-order valence-corrected chi connectivity index (χ0v) is 18.7. The molecule has 29 heavy (non-hydrogen) atoms. The molecular formula is C23H28BrN3O2. The maximum Gasteiger partial charge on any atom is 0.138 e. The third-order valence-electron chi connectivity index (χ3n) is 4.94. The summed E-state index contributed by atoms with van der Waals surface area (Å²) in [6, 6.07) is 14.2. The molecule has 154 valence electrons. The first-order valence-electron chi connectivity index (χ1n) is 9.82. The van der Waals surface area contributed by atoms with Crippen LogP contribution in [-0.2, 0) is 6.42 Å². The highest BCUT2D eigenvalue weighted by molar-refractivity contribution is 9.10. The van der Waals surface area contributed by atoms with E-state index in [4.69, 9.17) is 4.74 Å². The molecule has 3 N–H and O–H groups in total. The summed E-state index contributed by atoms with van der Waals surface area (Å²) in [5.74, 6) is 1.54. The zero-order valence-electron chi connectivity index (χ0n) is 17.1. The van der Waals surface area contributed by atoms with Crippen molar-refractivity contribution in [2.24, 2.45) is 0 Å². The second-order valence-electron chi connectivity index (χ2n) is 7.36. The number of H-pyrrole nitrogens is 1. The molecular weight excluding hydrogens is 430 g/mol. The van der Waals surface area contributed by atoms with Gasteiger partial charge in [-0.1, -0.05) is 18.2 Å². The van der Waals surface area contributed by atoms with Crippen LogP contribution in [0.15, 0.2) is 47.1 Å². The molecule has 2 aromatic carbocycles. The normalized spacial score (nSPS) is 12.2. The topological polar surface area (TPSA) is 70.2 Å². The van der Waals surface area contributed by atoms with E-state index < -0.39 is 6.10 Å². The lowest BCUT2D eigenvalue weighted by molar-refractivity contribution is 0.106. The van der Waals surface area contributed by atoms with Crippen LogP contribution >= 0.6 is 15.9 Å². The van der Waals surface area contributed by atoms with Gasteiger partial charge in [0.15, 0.2) is 0 Å². The molecule has 0 saturated carbocycles. The quantitative estimate of drug-likeness (QED) is 0.418. The second kappa shape index (κ2) is 10.1. The fourth-order valence-electron chi connectivity index (χ4n) is 3.00. The van der Waals surface area contributed by atoms with Gasteiger partial charge in [0.05, 0.1) is 0 Å². The predicted molar refractivity (Wildman–Crippen MR) is 120 cm³/mol.